The van der Waals surface area contributed by atoms with Crippen LogP contribution in [0, 0.1) is 0 Å². The maximum Gasteiger partial charge on any atom is 0.335 e. The van der Waals surface area contributed by atoms with Gasteiger partial charge in [-0.25, -0.2) is 9.80 Å². The van der Waals surface area contributed by atoms with Crippen molar-refractivity contribution in [2.75, 3.05) is 12.5 Å². The zero-order valence-corrected chi connectivity index (χ0v) is 9.65. The van der Waals surface area contributed by atoms with E-state index in [4.69, 9.17) is 5.11 Å². The van der Waals surface area contributed by atoms with Crippen molar-refractivity contribution < 1.29 is 9.90 Å². The van der Waals surface area contributed by atoms with Crippen molar-refractivity contribution in [2.45, 2.75) is 4.05 Å². The fourth-order valence-corrected chi connectivity index (χ4v) is 2.13. The van der Waals surface area contributed by atoms with Crippen LogP contribution in [0.4, 0.5) is 5.69 Å². The Labute approximate surface area is 95.0 Å². The summed E-state index contributed by atoms with van der Waals surface area (Å²) in [5.74, 6) is -0.894. The molecule has 0 aromatic heterocycles. The Kier molecular flexibility index (Phi) is 2.36. The second kappa shape index (κ2) is 3.39. The quantitative estimate of drug-likeness (QED) is 0.474. The average molecular weight is 304 g/mol. The Morgan fingerprint density at radius 2 is 2.36 bits per heavy atom. The fraction of sp³-hybridized carbons (Fsp3) is 0.222. The summed E-state index contributed by atoms with van der Waals surface area (Å²) in [5, 5.41) is 10.7. The number of halogens is 1. The zero-order valence-electron chi connectivity index (χ0n) is 7.49. The van der Waals surface area contributed by atoms with Gasteiger partial charge in [0.15, 0.2) is 0 Å². The highest BCUT2D eigenvalue weighted by Gasteiger charge is 2.25. The summed E-state index contributed by atoms with van der Waals surface area (Å²) in [4.78, 5) is 10.7. The van der Waals surface area contributed by atoms with E-state index in [0.29, 0.717) is 5.56 Å². The number of fused-ring (bicyclic) bond motifs is 1. The van der Waals surface area contributed by atoms with Gasteiger partial charge < -0.3 is 10.5 Å². The van der Waals surface area contributed by atoms with Crippen molar-refractivity contribution in [3.63, 3.8) is 0 Å². The van der Waals surface area contributed by atoms with Crippen molar-refractivity contribution in [1.29, 1.82) is 0 Å². The molecule has 0 aliphatic carbocycles. The number of alkyl halides is 1. The summed E-state index contributed by atoms with van der Waals surface area (Å²) in [5.41, 5.74) is 5.42. The molecule has 4 nitrogen and oxygen atoms in total. The number of nitrogens with zero attached hydrogens (tertiary/aromatic N) is 1. The maximum atomic E-state index is 10.7. The topological polar surface area (TPSA) is 52.6 Å². The van der Waals surface area contributed by atoms with Crippen LogP contribution in [-0.2, 0) is 0 Å². The highest BCUT2D eigenvalue weighted by molar-refractivity contribution is 14.1. The van der Waals surface area contributed by atoms with E-state index in [1.54, 1.807) is 12.1 Å². The lowest BCUT2D eigenvalue weighted by Gasteiger charge is -2.12. The summed E-state index contributed by atoms with van der Waals surface area (Å²) in [6.45, 7) is 0. The van der Waals surface area contributed by atoms with Crippen LogP contribution in [0.1, 0.15) is 20.0 Å². The van der Waals surface area contributed by atoms with Crippen LogP contribution in [0.3, 0.4) is 0 Å². The molecule has 1 atom stereocenters. The van der Waals surface area contributed by atoms with Gasteiger partial charge in [-0.3, -0.25) is 0 Å². The zero-order chi connectivity index (χ0) is 10.3. The normalized spacial score (nSPS) is 20.3. The molecular weight excluding hydrogens is 295 g/mol. The van der Waals surface area contributed by atoms with E-state index in [2.05, 4.69) is 28.0 Å². The summed E-state index contributed by atoms with van der Waals surface area (Å²) in [6, 6.07) is 5.15. The molecule has 0 bridgehead atoms. The van der Waals surface area contributed by atoms with Crippen LogP contribution in [0.15, 0.2) is 18.2 Å². The number of anilines is 1. The first kappa shape index (κ1) is 9.72. The van der Waals surface area contributed by atoms with E-state index in [-0.39, 0.29) is 4.05 Å². The SMILES string of the molecule is CN1Nc2cc(C(=O)O)ccc2[C@@H]1I. The van der Waals surface area contributed by atoms with Crippen molar-refractivity contribution in [3.05, 3.63) is 29.3 Å². The number of benzene rings is 1. The lowest BCUT2D eigenvalue weighted by atomic mass is 10.1. The third-order valence-corrected chi connectivity index (χ3v) is 3.70. The van der Waals surface area contributed by atoms with Crippen molar-refractivity contribution in [1.82, 2.24) is 5.01 Å². The lowest BCUT2D eigenvalue weighted by Crippen LogP contribution is -2.18. The summed E-state index contributed by atoms with van der Waals surface area (Å²) >= 11 is 2.29. The molecule has 1 aliphatic heterocycles. The number of aromatic carboxylic acids is 1. The predicted molar refractivity (Wildman–Crippen MR) is 61.5 cm³/mol. The van der Waals surface area contributed by atoms with Crippen molar-refractivity contribution >= 4 is 34.2 Å². The first-order valence-corrected chi connectivity index (χ1v) is 5.35. The number of carboxylic acids is 1. The second-order valence-corrected chi connectivity index (χ2v) is 4.35. The monoisotopic (exact) mass is 304 g/mol. The van der Waals surface area contributed by atoms with E-state index in [1.807, 2.05) is 18.1 Å². The Morgan fingerprint density at radius 3 is 3.00 bits per heavy atom. The fourth-order valence-electron chi connectivity index (χ4n) is 1.45. The minimum Gasteiger partial charge on any atom is -0.478 e. The van der Waals surface area contributed by atoms with Gasteiger partial charge in [-0.2, -0.15) is 0 Å². The number of hydrogen-bond donors (Lipinski definition) is 2. The number of rotatable bonds is 1. The molecule has 14 heavy (non-hydrogen) atoms. The Balaban J connectivity index is 2.44. The third-order valence-electron chi connectivity index (χ3n) is 2.19. The van der Waals surface area contributed by atoms with Gasteiger partial charge in [-0.05, 0) is 12.1 Å². The van der Waals surface area contributed by atoms with Gasteiger partial charge >= 0.3 is 5.97 Å². The van der Waals surface area contributed by atoms with Gasteiger partial charge in [0.25, 0.3) is 0 Å². The molecule has 1 heterocycles. The molecule has 0 saturated heterocycles. The van der Waals surface area contributed by atoms with Crippen LogP contribution in [0.5, 0.6) is 0 Å². The van der Waals surface area contributed by atoms with Crippen LogP contribution >= 0.6 is 22.6 Å². The molecule has 0 radical (unpaired) electrons. The molecular formula is C9H9IN2O2. The van der Waals surface area contributed by atoms with Crippen LogP contribution in [0.25, 0.3) is 0 Å². The van der Waals surface area contributed by atoms with Gasteiger partial charge in [0.2, 0.25) is 0 Å². The van der Waals surface area contributed by atoms with Gasteiger partial charge in [0, 0.05) is 12.6 Å². The number of nitrogens with one attached hydrogen (secondary N) is 1. The summed E-state index contributed by atoms with van der Waals surface area (Å²) in [7, 11) is 1.93. The van der Waals surface area contributed by atoms with E-state index in [9.17, 15) is 4.79 Å². The molecule has 0 saturated carbocycles. The highest BCUT2D eigenvalue weighted by atomic mass is 127. The molecule has 2 rings (SSSR count). The van der Waals surface area contributed by atoms with E-state index in [0.717, 1.165) is 11.3 Å². The Hall–Kier alpha value is -0.820. The van der Waals surface area contributed by atoms with Crippen molar-refractivity contribution in [2.24, 2.45) is 0 Å². The van der Waals surface area contributed by atoms with Crippen LogP contribution in [-0.4, -0.2) is 23.1 Å². The number of carboxylic acid groups (broad SMARTS) is 1. The van der Waals surface area contributed by atoms with E-state index < -0.39 is 5.97 Å². The van der Waals surface area contributed by atoms with E-state index >= 15 is 0 Å². The molecule has 74 valence electrons. The number of hydrazine groups is 1. The average Bonchev–Trinajstić information content (AvgIpc) is 2.42. The lowest BCUT2D eigenvalue weighted by molar-refractivity contribution is 0.0697. The summed E-state index contributed by atoms with van der Waals surface area (Å²) < 4.78 is 0.255. The van der Waals surface area contributed by atoms with Crippen LogP contribution in [0.2, 0.25) is 0 Å². The minimum absolute atomic E-state index is 0.255. The summed E-state index contributed by atoms with van der Waals surface area (Å²) in [6.07, 6.45) is 0. The van der Waals surface area contributed by atoms with Gasteiger partial charge in [0.1, 0.15) is 4.05 Å². The first-order valence-electron chi connectivity index (χ1n) is 4.10. The Bertz CT molecular complexity index is 394. The highest BCUT2D eigenvalue weighted by Crippen LogP contribution is 2.38. The molecule has 1 aromatic carbocycles. The molecule has 5 heteroatoms. The number of hydrogen-bond acceptors (Lipinski definition) is 3. The largest absolute Gasteiger partial charge is 0.478 e. The molecule has 0 amide bonds. The van der Waals surface area contributed by atoms with Gasteiger partial charge in [0.05, 0.1) is 11.3 Å². The second-order valence-electron chi connectivity index (χ2n) is 3.17. The maximum absolute atomic E-state index is 10.7. The minimum atomic E-state index is -0.894. The van der Waals surface area contributed by atoms with Gasteiger partial charge in [-0.15, -0.1) is 0 Å². The first-order chi connectivity index (χ1) is 6.59. The van der Waals surface area contributed by atoms with Crippen LogP contribution < -0.4 is 5.43 Å². The smallest absolute Gasteiger partial charge is 0.335 e. The third kappa shape index (κ3) is 1.46. The molecule has 0 unspecified atom stereocenters. The molecule has 2 N–H and O–H groups in total. The molecule has 0 fully saturated rings. The number of carbonyl (C=O) groups is 1. The van der Waals surface area contributed by atoms with Gasteiger partial charge in [-0.1, -0.05) is 28.7 Å². The predicted octanol–water partition coefficient (Wildman–Crippen LogP) is 2.09. The standard InChI is InChI=1S/C9H9IN2O2/c1-12-8(10)6-3-2-5(9(13)14)4-7(6)11-12/h2-4,8,11H,1H3,(H,13,14)/t8-/m1/s1. The molecule has 1 aliphatic rings. The Morgan fingerprint density at radius 1 is 1.64 bits per heavy atom. The van der Waals surface area contributed by atoms with E-state index in [1.165, 1.54) is 0 Å². The van der Waals surface area contributed by atoms with Crippen molar-refractivity contribution in [3.8, 4) is 0 Å². The molecule has 0 spiro atoms. The molecule has 1 aromatic rings.